The van der Waals surface area contributed by atoms with Gasteiger partial charge in [-0.05, 0) is 20.8 Å². The molecular weight excluding hydrogens is 182 g/mol. The summed E-state index contributed by atoms with van der Waals surface area (Å²) in [4.78, 5) is 21.4. The Kier molecular flexibility index (Phi) is 5.15. The van der Waals surface area contributed by atoms with E-state index >= 15 is 0 Å². The van der Waals surface area contributed by atoms with Gasteiger partial charge in [-0.1, -0.05) is 0 Å². The standard InChI is InChI=1S/C9H19N3O2/c1-9(2,3)12-5-4-8(14)11-6-7(10)13/h12H,4-6H2,1-3H3,(H2,10,13)(H,11,14). The summed E-state index contributed by atoms with van der Waals surface area (Å²) >= 11 is 0. The molecule has 0 heterocycles. The maximum atomic E-state index is 11.1. The van der Waals surface area contributed by atoms with E-state index < -0.39 is 5.91 Å². The van der Waals surface area contributed by atoms with Crippen LogP contribution in [-0.2, 0) is 9.59 Å². The van der Waals surface area contributed by atoms with Crippen molar-refractivity contribution >= 4 is 11.8 Å². The Labute approximate surface area is 84.4 Å². The number of hydrogen-bond acceptors (Lipinski definition) is 3. The van der Waals surface area contributed by atoms with E-state index in [1.165, 1.54) is 0 Å². The molecule has 0 spiro atoms. The highest BCUT2D eigenvalue weighted by molar-refractivity contribution is 5.83. The summed E-state index contributed by atoms with van der Waals surface area (Å²) < 4.78 is 0. The van der Waals surface area contributed by atoms with Crippen molar-refractivity contribution in [3.05, 3.63) is 0 Å². The van der Waals surface area contributed by atoms with Crippen LogP contribution in [0.1, 0.15) is 27.2 Å². The minimum atomic E-state index is -0.526. The van der Waals surface area contributed by atoms with Crippen LogP contribution in [0.5, 0.6) is 0 Å². The van der Waals surface area contributed by atoms with Crippen LogP contribution in [0.15, 0.2) is 0 Å². The molecule has 0 atom stereocenters. The van der Waals surface area contributed by atoms with Crippen molar-refractivity contribution in [2.24, 2.45) is 5.73 Å². The highest BCUT2D eigenvalue weighted by atomic mass is 16.2. The zero-order chi connectivity index (χ0) is 11.2. The predicted molar refractivity (Wildman–Crippen MR) is 54.6 cm³/mol. The van der Waals surface area contributed by atoms with Crippen LogP contribution in [0.3, 0.4) is 0 Å². The van der Waals surface area contributed by atoms with Gasteiger partial charge in [0.2, 0.25) is 11.8 Å². The SMILES string of the molecule is CC(C)(C)NCCC(=O)NCC(N)=O. The molecule has 14 heavy (non-hydrogen) atoms. The van der Waals surface area contributed by atoms with Crippen molar-refractivity contribution in [2.45, 2.75) is 32.7 Å². The normalized spacial score (nSPS) is 11.1. The van der Waals surface area contributed by atoms with Crippen LogP contribution in [0, 0.1) is 0 Å². The highest BCUT2D eigenvalue weighted by Gasteiger charge is 2.09. The molecule has 2 amide bonds. The molecule has 0 rings (SSSR count). The number of rotatable bonds is 5. The number of carbonyl (C=O) groups excluding carboxylic acids is 2. The minimum Gasteiger partial charge on any atom is -0.368 e. The number of carbonyl (C=O) groups is 2. The van der Waals surface area contributed by atoms with Gasteiger partial charge in [0, 0.05) is 18.5 Å². The highest BCUT2D eigenvalue weighted by Crippen LogP contribution is 1.97. The van der Waals surface area contributed by atoms with E-state index in [1.54, 1.807) is 0 Å². The van der Waals surface area contributed by atoms with Crippen LogP contribution >= 0.6 is 0 Å². The second kappa shape index (κ2) is 5.59. The van der Waals surface area contributed by atoms with Gasteiger partial charge in [-0.2, -0.15) is 0 Å². The number of amides is 2. The lowest BCUT2D eigenvalue weighted by atomic mass is 10.1. The monoisotopic (exact) mass is 201 g/mol. The number of primary amides is 1. The van der Waals surface area contributed by atoms with E-state index in [0.29, 0.717) is 13.0 Å². The Bertz CT molecular complexity index is 209. The van der Waals surface area contributed by atoms with Crippen molar-refractivity contribution in [3.8, 4) is 0 Å². The molecule has 0 fully saturated rings. The van der Waals surface area contributed by atoms with Crippen LogP contribution in [-0.4, -0.2) is 30.4 Å². The Hall–Kier alpha value is -1.10. The average molecular weight is 201 g/mol. The van der Waals surface area contributed by atoms with Crippen molar-refractivity contribution in [3.63, 3.8) is 0 Å². The lowest BCUT2D eigenvalue weighted by molar-refractivity contribution is -0.124. The molecule has 0 radical (unpaired) electrons. The summed E-state index contributed by atoms with van der Waals surface area (Å²) in [6.07, 6.45) is 0.352. The van der Waals surface area contributed by atoms with E-state index in [2.05, 4.69) is 10.6 Å². The third-order valence-corrected chi connectivity index (χ3v) is 1.47. The molecule has 5 nitrogen and oxygen atoms in total. The Morgan fingerprint density at radius 3 is 2.29 bits per heavy atom. The van der Waals surface area contributed by atoms with E-state index in [1.807, 2.05) is 20.8 Å². The molecule has 5 heteroatoms. The summed E-state index contributed by atoms with van der Waals surface area (Å²) in [6, 6.07) is 0. The van der Waals surface area contributed by atoms with Crippen molar-refractivity contribution in [1.82, 2.24) is 10.6 Å². The molecule has 4 N–H and O–H groups in total. The van der Waals surface area contributed by atoms with Crippen molar-refractivity contribution < 1.29 is 9.59 Å². The molecular formula is C9H19N3O2. The van der Waals surface area contributed by atoms with Gasteiger partial charge in [0.05, 0.1) is 6.54 Å². The lowest BCUT2D eigenvalue weighted by Gasteiger charge is -2.20. The molecule has 0 unspecified atom stereocenters. The topological polar surface area (TPSA) is 84.2 Å². The zero-order valence-electron chi connectivity index (χ0n) is 9.02. The fraction of sp³-hybridized carbons (Fsp3) is 0.778. The van der Waals surface area contributed by atoms with Crippen molar-refractivity contribution in [1.29, 1.82) is 0 Å². The molecule has 82 valence electrons. The summed E-state index contributed by atoms with van der Waals surface area (Å²) in [7, 11) is 0. The van der Waals surface area contributed by atoms with Crippen LogP contribution < -0.4 is 16.4 Å². The van der Waals surface area contributed by atoms with Gasteiger partial charge in [0.1, 0.15) is 0 Å². The zero-order valence-corrected chi connectivity index (χ0v) is 9.02. The van der Waals surface area contributed by atoms with E-state index in [9.17, 15) is 9.59 Å². The fourth-order valence-electron chi connectivity index (χ4n) is 0.825. The predicted octanol–water partition coefficient (Wildman–Crippen LogP) is -0.634. The molecule has 0 aliphatic carbocycles. The quantitative estimate of drug-likeness (QED) is 0.553. The Balaban J connectivity index is 3.50. The van der Waals surface area contributed by atoms with Crippen LogP contribution in [0.4, 0.5) is 0 Å². The van der Waals surface area contributed by atoms with E-state index in [-0.39, 0.29) is 18.0 Å². The second-order valence-electron chi connectivity index (χ2n) is 4.17. The van der Waals surface area contributed by atoms with Crippen LogP contribution in [0.2, 0.25) is 0 Å². The first kappa shape index (κ1) is 12.9. The first-order valence-corrected chi connectivity index (χ1v) is 4.61. The van der Waals surface area contributed by atoms with E-state index in [0.717, 1.165) is 0 Å². The fourth-order valence-corrected chi connectivity index (χ4v) is 0.825. The van der Waals surface area contributed by atoms with Gasteiger partial charge in [0.15, 0.2) is 0 Å². The van der Waals surface area contributed by atoms with Crippen molar-refractivity contribution in [2.75, 3.05) is 13.1 Å². The second-order valence-corrected chi connectivity index (χ2v) is 4.17. The average Bonchev–Trinajstić information content (AvgIpc) is 1.98. The molecule has 0 saturated heterocycles. The molecule has 0 aromatic carbocycles. The summed E-state index contributed by atoms with van der Waals surface area (Å²) in [5.74, 6) is -0.692. The van der Waals surface area contributed by atoms with Gasteiger partial charge < -0.3 is 16.4 Å². The molecule has 0 aromatic heterocycles. The smallest absolute Gasteiger partial charge is 0.236 e. The minimum absolute atomic E-state index is 0.00394. The molecule has 0 saturated carbocycles. The van der Waals surface area contributed by atoms with Gasteiger partial charge in [-0.3, -0.25) is 9.59 Å². The number of nitrogens with one attached hydrogen (secondary N) is 2. The van der Waals surface area contributed by atoms with Gasteiger partial charge in [-0.15, -0.1) is 0 Å². The van der Waals surface area contributed by atoms with Gasteiger partial charge in [0.25, 0.3) is 0 Å². The first-order valence-electron chi connectivity index (χ1n) is 4.61. The summed E-state index contributed by atoms with van der Waals surface area (Å²) in [5.41, 5.74) is 4.87. The molecule has 0 aliphatic heterocycles. The number of hydrogen-bond donors (Lipinski definition) is 3. The number of nitrogens with two attached hydrogens (primary N) is 1. The van der Waals surface area contributed by atoms with E-state index in [4.69, 9.17) is 5.73 Å². The third kappa shape index (κ3) is 8.99. The maximum absolute atomic E-state index is 11.1. The third-order valence-electron chi connectivity index (χ3n) is 1.47. The Morgan fingerprint density at radius 2 is 1.86 bits per heavy atom. The first-order chi connectivity index (χ1) is 6.31. The summed E-state index contributed by atoms with van der Waals surface area (Å²) in [6.45, 7) is 6.57. The molecule has 0 bridgehead atoms. The van der Waals surface area contributed by atoms with Crippen LogP contribution in [0.25, 0.3) is 0 Å². The maximum Gasteiger partial charge on any atom is 0.236 e. The molecule has 0 aromatic rings. The summed E-state index contributed by atoms with van der Waals surface area (Å²) in [5, 5.41) is 5.58. The van der Waals surface area contributed by atoms with Gasteiger partial charge in [-0.25, -0.2) is 0 Å². The molecule has 0 aliphatic rings. The largest absolute Gasteiger partial charge is 0.368 e. The van der Waals surface area contributed by atoms with Gasteiger partial charge >= 0.3 is 0 Å². The Morgan fingerprint density at radius 1 is 1.29 bits per heavy atom. The lowest BCUT2D eigenvalue weighted by Crippen LogP contribution is -2.39.